The molecule has 3 N–H and O–H groups in total. The van der Waals surface area contributed by atoms with E-state index in [4.69, 9.17) is 0 Å². The Balaban J connectivity index is 2.81. The number of carbonyl (C=O) groups is 2. The molecule has 0 aromatic rings. The summed E-state index contributed by atoms with van der Waals surface area (Å²) < 4.78 is 0. The number of rotatable bonds is 5. The first kappa shape index (κ1) is 17.8. The van der Waals surface area contributed by atoms with Gasteiger partial charge in [0.15, 0.2) is 0 Å². The monoisotopic (exact) mass is 300 g/mol. The fourth-order valence-electron chi connectivity index (χ4n) is 2.64. The van der Waals surface area contributed by atoms with Gasteiger partial charge in [0, 0.05) is 7.05 Å². The summed E-state index contributed by atoms with van der Waals surface area (Å²) in [5, 5.41) is 21.6. The molecule has 0 aliphatic heterocycles. The molecule has 21 heavy (non-hydrogen) atoms. The molecule has 0 saturated heterocycles. The molecule has 0 radical (unpaired) electrons. The second kappa shape index (κ2) is 6.64. The standard InChI is InChI=1S/C15H28N2O4/c1-5-11-6-8-15(9-7-11,12(19)20)16-13(21)17(4)14(2,3)10-18/h11,18H,5-10H2,1-4H3,(H,16,21)(H,19,20). The van der Waals surface area contributed by atoms with E-state index in [0.29, 0.717) is 18.8 Å². The van der Waals surface area contributed by atoms with Crippen LogP contribution in [-0.4, -0.2) is 51.8 Å². The van der Waals surface area contributed by atoms with Crippen LogP contribution in [0.2, 0.25) is 0 Å². The molecule has 0 unspecified atom stereocenters. The maximum Gasteiger partial charge on any atom is 0.329 e. The number of urea groups is 1. The quantitative estimate of drug-likeness (QED) is 0.722. The van der Waals surface area contributed by atoms with E-state index >= 15 is 0 Å². The van der Waals surface area contributed by atoms with Crippen molar-refractivity contribution in [2.45, 2.75) is 64.0 Å². The van der Waals surface area contributed by atoms with Crippen LogP contribution in [0.25, 0.3) is 0 Å². The summed E-state index contributed by atoms with van der Waals surface area (Å²) in [5.41, 5.74) is -1.91. The number of hydrogen-bond acceptors (Lipinski definition) is 3. The van der Waals surface area contributed by atoms with Crippen LogP contribution in [0, 0.1) is 5.92 Å². The minimum atomic E-state index is -1.18. The number of carboxylic acid groups (broad SMARTS) is 1. The first-order valence-corrected chi connectivity index (χ1v) is 7.59. The second-order valence-electron chi connectivity index (χ2n) is 6.70. The lowest BCUT2D eigenvalue weighted by atomic mass is 9.75. The van der Waals surface area contributed by atoms with E-state index in [1.165, 1.54) is 4.90 Å². The van der Waals surface area contributed by atoms with Crippen molar-refractivity contribution in [3.8, 4) is 0 Å². The Labute approximate surface area is 126 Å². The molecule has 0 spiro atoms. The molecule has 0 aromatic carbocycles. The van der Waals surface area contributed by atoms with Gasteiger partial charge in [-0.2, -0.15) is 0 Å². The molecular formula is C15H28N2O4. The van der Waals surface area contributed by atoms with Crippen LogP contribution >= 0.6 is 0 Å². The zero-order chi connectivity index (χ0) is 16.3. The van der Waals surface area contributed by atoms with Gasteiger partial charge in [0.05, 0.1) is 12.1 Å². The fourth-order valence-corrected chi connectivity index (χ4v) is 2.64. The molecule has 1 aliphatic rings. The van der Waals surface area contributed by atoms with Crippen LogP contribution in [0.4, 0.5) is 4.79 Å². The number of nitrogens with zero attached hydrogens (tertiary/aromatic N) is 1. The van der Waals surface area contributed by atoms with Gasteiger partial charge in [-0.15, -0.1) is 0 Å². The van der Waals surface area contributed by atoms with Gasteiger partial charge in [-0.3, -0.25) is 0 Å². The second-order valence-corrected chi connectivity index (χ2v) is 6.70. The highest BCUT2D eigenvalue weighted by atomic mass is 16.4. The number of nitrogens with one attached hydrogen (secondary N) is 1. The van der Waals surface area contributed by atoms with E-state index in [0.717, 1.165) is 19.3 Å². The third-order valence-electron chi connectivity index (χ3n) is 4.89. The minimum absolute atomic E-state index is 0.186. The summed E-state index contributed by atoms with van der Waals surface area (Å²) in [6, 6.07) is -0.452. The minimum Gasteiger partial charge on any atom is -0.480 e. The molecule has 6 nitrogen and oxygen atoms in total. The normalized spacial score (nSPS) is 26.2. The average molecular weight is 300 g/mol. The van der Waals surface area contributed by atoms with Gasteiger partial charge in [-0.1, -0.05) is 13.3 Å². The van der Waals surface area contributed by atoms with Crippen molar-refractivity contribution in [2.75, 3.05) is 13.7 Å². The Morgan fingerprint density at radius 2 is 1.86 bits per heavy atom. The lowest BCUT2D eigenvalue weighted by Gasteiger charge is -2.41. The molecule has 1 fully saturated rings. The van der Waals surface area contributed by atoms with Gasteiger partial charge < -0.3 is 20.4 Å². The highest BCUT2D eigenvalue weighted by molar-refractivity contribution is 5.86. The van der Waals surface area contributed by atoms with Gasteiger partial charge >= 0.3 is 12.0 Å². The number of aliphatic carboxylic acids is 1. The lowest BCUT2D eigenvalue weighted by molar-refractivity contribution is -0.146. The fraction of sp³-hybridized carbons (Fsp3) is 0.867. The highest BCUT2D eigenvalue weighted by Gasteiger charge is 2.44. The van der Waals surface area contributed by atoms with Crippen molar-refractivity contribution < 1.29 is 19.8 Å². The Bertz CT molecular complexity index is 387. The smallest absolute Gasteiger partial charge is 0.329 e. The van der Waals surface area contributed by atoms with Crippen molar-refractivity contribution in [3.63, 3.8) is 0 Å². The molecule has 0 aromatic heterocycles. The summed E-state index contributed by atoms with van der Waals surface area (Å²) in [7, 11) is 1.57. The number of aliphatic hydroxyl groups excluding tert-OH is 1. The summed E-state index contributed by atoms with van der Waals surface area (Å²) in [4.78, 5) is 25.3. The molecule has 0 heterocycles. The summed E-state index contributed by atoms with van der Waals surface area (Å²) >= 11 is 0. The van der Waals surface area contributed by atoms with Gasteiger partial charge in [0.2, 0.25) is 0 Å². The molecule has 1 aliphatic carbocycles. The molecular weight excluding hydrogens is 272 g/mol. The first-order chi connectivity index (χ1) is 9.68. The van der Waals surface area contributed by atoms with Gasteiger partial charge in [-0.05, 0) is 45.4 Å². The maximum atomic E-state index is 12.3. The predicted octanol–water partition coefficient (Wildman–Crippen LogP) is 1.82. The number of aliphatic hydroxyl groups is 1. The molecule has 1 rings (SSSR count). The van der Waals surface area contributed by atoms with Crippen molar-refractivity contribution >= 4 is 12.0 Å². The van der Waals surface area contributed by atoms with Crippen LogP contribution in [0.1, 0.15) is 52.9 Å². The number of carbonyl (C=O) groups excluding carboxylic acids is 1. The average Bonchev–Trinajstić information content (AvgIpc) is 2.46. The zero-order valence-corrected chi connectivity index (χ0v) is 13.5. The topological polar surface area (TPSA) is 89.9 Å². The van der Waals surface area contributed by atoms with E-state index in [-0.39, 0.29) is 6.61 Å². The summed E-state index contributed by atoms with van der Waals surface area (Å²) in [5.74, 6) is -0.429. The van der Waals surface area contributed by atoms with E-state index in [1.54, 1.807) is 20.9 Å². The van der Waals surface area contributed by atoms with Crippen molar-refractivity contribution in [1.82, 2.24) is 10.2 Å². The molecule has 122 valence electrons. The highest BCUT2D eigenvalue weighted by Crippen LogP contribution is 2.34. The van der Waals surface area contributed by atoms with E-state index in [9.17, 15) is 19.8 Å². The van der Waals surface area contributed by atoms with E-state index in [1.807, 2.05) is 0 Å². The molecule has 2 amide bonds. The van der Waals surface area contributed by atoms with Crippen molar-refractivity contribution in [1.29, 1.82) is 0 Å². The maximum absolute atomic E-state index is 12.3. The predicted molar refractivity (Wildman–Crippen MR) is 80.1 cm³/mol. The van der Waals surface area contributed by atoms with Crippen LogP contribution in [0.3, 0.4) is 0 Å². The Morgan fingerprint density at radius 1 is 1.33 bits per heavy atom. The first-order valence-electron chi connectivity index (χ1n) is 7.59. The van der Waals surface area contributed by atoms with Crippen LogP contribution < -0.4 is 5.32 Å². The van der Waals surface area contributed by atoms with Crippen molar-refractivity contribution in [2.24, 2.45) is 5.92 Å². The third-order valence-corrected chi connectivity index (χ3v) is 4.89. The molecule has 0 atom stereocenters. The van der Waals surface area contributed by atoms with Crippen LogP contribution in [-0.2, 0) is 4.79 Å². The SMILES string of the molecule is CCC1CCC(NC(=O)N(C)C(C)(C)CO)(C(=O)O)CC1. The van der Waals surface area contributed by atoms with Gasteiger partial charge in [0.1, 0.15) is 5.54 Å². The third kappa shape index (κ3) is 3.87. The Morgan fingerprint density at radius 3 is 2.24 bits per heavy atom. The number of carboxylic acids is 1. The van der Waals surface area contributed by atoms with Gasteiger partial charge in [-0.25, -0.2) is 9.59 Å². The molecule has 6 heteroatoms. The van der Waals surface area contributed by atoms with Crippen molar-refractivity contribution in [3.05, 3.63) is 0 Å². The molecule has 1 saturated carbocycles. The largest absolute Gasteiger partial charge is 0.480 e. The Hall–Kier alpha value is -1.30. The summed E-state index contributed by atoms with van der Waals surface area (Å²) in [6.07, 6.45) is 3.59. The van der Waals surface area contributed by atoms with Crippen LogP contribution in [0.15, 0.2) is 0 Å². The van der Waals surface area contributed by atoms with E-state index < -0.39 is 23.1 Å². The Kier molecular flexibility index (Phi) is 5.61. The lowest BCUT2D eigenvalue weighted by Crippen LogP contribution is -2.61. The van der Waals surface area contributed by atoms with Gasteiger partial charge in [0.25, 0.3) is 0 Å². The number of likely N-dealkylation sites (N-methyl/N-ethyl adjacent to an activating group) is 1. The zero-order valence-electron chi connectivity index (χ0n) is 13.5. The van der Waals surface area contributed by atoms with E-state index in [2.05, 4.69) is 12.2 Å². The molecule has 0 bridgehead atoms. The summed E-state index contributed by atoms with van der Waals surface area (Å²) in [6.45, 7) is 5.38. The number of amides is 2. The van der Waals surface area contributed by atoms with Crippen LogP contribution in [0.5, 0.6) is 0 Å². The number of hydrogen-bond donors (Lipinski definition) is 3.